The van der Waals surface area contributed by atoms with E-state index in [1.807, 2.05) is 0 Å². The van der Waals surface area contributed by atoms with Gasteiger partial charge in [-0.1, -0.05) is 18.2 Å². The van der Waals surface area contributed by atoms with Crippen LogP contribution in [0.25, 0.3) is 0 Å². The Balaban J connectivity index is 2.19. The molecule has 0 fully saturated rings. The summed E-state index contributed by atoms with van der Waals surface area (Å²) in [6.07, 6.45) is 6.57. The topological polar surface area (TPSA) is 47.8 Å². The molecule has 0 saturated carbocycles. The van der Waals surface area contributed by atoms with Gasteiger partial charge in [0, 0.05) is 7.05 Å². The van der Waals surface area contributed by atoms with Crippen LogP contribution in [0.4, 0.5) is 0 Å². The van der Waals surface area contributed by atoms with Gasteiger partial charge >= 0.3 is 0 Å². The lowest BCUT2D eigenvalue weighted by Gasteiger charge is -2.16. The summed E-state index contributed by atoms with van der Waals surface area (Å²) in [4.78, 5) is 12.0. The third-order valence-corrected chi connectivity index (χ3v) is 2.91. The maximum Gasteiger partial charge on any atom is 0.208 e. The van der Waals surface area contributed by atoms with E-state index >= 15 is 0 Å². The largest absolute Gasteiger partial charge is 0.287 e. The predicted molar refractivity (Wildman–Crippen MR) is 56.4 cm³/mol. The first-order chi connectivity index (χ1) is 7.18. The minimum absolute atomic E-state index is 0.0781. The molecule has 1 aliphatic carbocycles. The van der Waals surface area contributed by atoms with E-state index in [2.05, 4.69) is 23.3 Å². The molecule has 80 valence electrons. The highest BCUT2D eigenvalue weighted by Crippen LogP contribution is 2.24. The average Bonchev–Trinajstić information content (AvgIpc) is 2.65. The second kappa shape index (κ2) is 3.96. The first-order valence-electron chi connectivity index (χ1n) is 5.27. The summed E-state index contributed by atoms with van der Waals surface area (Å²) in [5.74, 6) is 0.778. The van der Waals surface area contributed by atoms with Crippen molar-refractivity contribution in [1.29, 1.82) is 0 Å². The van der Waals surface area contributed by atoms with Crippen molar-refractivity contribution in [2.75, 3.05) is 0 Å². The molecule has 0 saturated heterocycles. The molecular weight excluding hydrogens is 190 g/mol. The minimum atomic E-state index is 0.0781. The molecule has 1 aromatic heterocycles. The van der Waals surface area contributed by atoms with Gasteiger partial charge in [-0.3, -0.25) is 4.79 Å². The molecule has 1 aliphatic rings. The standard InChI is InChI=1S/C11H15N3O/c1-8-3-5-9(6-4-8)11(15)10-7-12-13-14(10)2/h5,7-8H,3-4,6H2,1-2H3. The van der Waals surface area contributed by atoms with Gasteiger partial charge < -0.3 is 0 Å². The number of ketones is 1. The third kappa shape index (κ3) is 1.98. The minimum Gasteiger partial charge on any atom is -0.287 e. The van der Waals surface area contributed by atoms with Crippen molar-refractivity contribution in [3.63, 3.8) is 0 Å². The highest BCUT2D eigenvalue weighted by atomic mass is 16.1. The summed E-state index contributed by atoms with van der Waals surface area (Å²) < 4.78 is 1.53. The van der Waals surface area contributed by atoms with Gasteiger partial charge in [0.2, 0.25) is 5.78 Å². The van der Waals surface area contributed by atoms with E-state index in [0.717, 1.165) is 24.8 Å². The summed E-state index contributed by atoms with van der Waals surface area (Å²) in [5, 5.41) is 7.48. The van der Waals surface area contributed by atoms with Crippen molar-refractivity contribution < 1.29 is 4.79 Å². The van der Waals surface area contributed by atoms with Gasteiger partial charge in [0.15, 0.2) is 0 Å². The van der Waals surface area contributed by atoms with Crippen LogP contribution in [-0.2, 0) is 7.05 Å². The number of nitrogens with zero attached hydrogens (tertiary/aromatic N) is 3. The quantitative estimate of drug-likeness (QED) is 0.691. The number of aryl methyl sites for hydroxylation is 1. The third-order valence-electron chi connectivity index (χ3n) is 2.91. The number of allylic oxidation sites excluding steroid dienone is 2. The fourth-order valence-corrected chi connectivity index (χ4v) is 1.83. The van der Waals surface area contributed by atoms with Crippen LogP contribution in [0.1, 0.15) is 36.7 Å². The molecular formula is C11H15N3O. The lowest BCUT2D eigenvalue weighted by molar-refractivity contribution is 0.101. The Bertz CT molecular complexity index is 406. The summed E-state index contributed by atoms with van der Waals surface area (Å²) in [5.41, 5.74) is 1.49. The van der Waals surface area contributed by atoms with E-state index in [4.69, 9.17) is 0 Å². The molecule has 4 nitrogen and oxygen atoms in total. The van der Waals surface area contributed by atoms with Gasteiger partial charge in [-0.25, -0.2) is 4.68 Å². The van der Waals surface area contributed by atoms with Crippen LogP contribution in [0.3, 0.4) is 0 Å². The fourth-order valence-electron chi connectivity index (χ4n) is 1.83. The highest BCUT2D eigenvalue weighted by Gasteiger charge is 2.19. The molecule has 0 N–H and O–H groups in total. The molecule has 1 heterocycles. The maximum absolute atomic E-state index is 12.0. The zero-order valence-corrected chi connectivity index (χ0v) is 9.10. The van der Waals surface area contributed by atoms with Crippen LogP contribution in [0, 0.1) is 5.92 Å². The molecule has 0 amide bonds. The van der Waals surface area contributed by atoms with Crippen molar-refractivity contribution >= 4 is 5.78 Å². The van der Waals surface area contributed by atoms with Crippen LogP contribution in [0.15, 0.2) is 17.8 Å². The average molecular weight is 205 g/mol. The van der Waals surface area contributed by atoms with E-state index in [1.54, 1.807) is 7.05 Å². The lowest BCUT2D eigenvalue weighted by Crippen LogP contribution is -2.13. The molecule has 15 heavy (non-hydrogen) atoms. The van der Waals surface area contributed by atoms with Crippen molar-refractivity contribution in [2.24, 2.45) is 13.0 Å². The number of hydrogen-bond donors (Lipinski definition) is 0. The summed E-state index contributed by atoms with van der Waals surface area (Å²) in [6.45, 7) is 2.21. The predicted octanol–water partition coefficient (Wildman–Crippen LogP) is 1.74. The van der Waals surface area contributed by atoms with Gasteiger partial charge in [-0.2, -0.15) is 0 Å². The molecule has 2 rings (SSSR count). The number of rotatable bonds is 2. The number of hydrogen-bond acceptors (Lipinski definition) is 3. The molecule has 0 radical (unpaired) electrons. The second-order valence-corrected chi connectivity index (χ2v) is 4.18. The van der Waals surface area contributed by atoms with Gasteiger partial charge in [0.05, 0.1) is 6.20 Å². The van der Waals surface area contributed by atoms with E-state index < -0.39 is 0 Å². The van der Waals surface area contributed by atoms with E-state index in [0.29, 0.717) is 11.6 Å². The highest BCUT2D eigenvalue weighted by molar-refractivity contribution is 6.07. The fraction of sp³-hybridized carbons (Fsp3) is 0.545. The molecule has 0 aliphatic heterocycles. The van der Waals surface area contributed by atoms with Gasteiger partial charge in [-0.15, -0.1) is 5.10 Å². The first kappa shape index (κ1) is 10.1. The molecule has 0 spiro atoms. The van der Waals surface area contributed by atoms with Crippen LogP contribution >= 0.6 is 0 Å². The number of carbonyl (C=O) groups is 1. The maximum atomic E-state index is 12.0. The SMILES string of the molecule is CC1CC=C(C(=O)c2cnnn2C)CC1. The van der Waals surface area contributed by atoms with Crippen molar-refractivity contribution in [3.05, 3.63) is 23.5 Å². The van der Waals surface area contributed by atoms with Crippen LogP contribution in [0.2, 0.25) is 0 Å². The molecule has 4 heteroatoms. The van der Waals surface area contributed by atoms with Crippen molar-refractivity contribution in [3.8, 4) is 0 Å². The summed E-state index contributed by atoms with van der Waals surface area (Å²) in [7, 11) is 1.74. The normalized spacial score (nSPS) is 21.2. The Morgan fingerprint density at radius 1 is 1.60 bits per heavy atom. The van der Waals surface area contributed by atoms with Gasteiger partial charge in [0.1, 0.15) is 5.69 Å². The number of aromatic nitrogens is 3. The monoisotopic (exact) mass is 205 g/mol. The second-order valence-electron chi connectivity index (χ2n) is 4.18. The number of Topliss-reactive ketones (excluding diaryl/α,β-unsaturated/α-hetero) is 1. The zero-order chi connectivity index (χ0) is 10.8. The molecule has 0 aromatic carbocycles. The Kier molecular flexibility index (Phi) is 2.66. The van der Waals surface area contributed by atoms with Gasteiger partial charge in [-0.05, 0) is 30.8 Å². The van der Waals surface area contributed by atoms with E-state index in [9.17, 15) is 4.79 Å². The summed E-state index contributed by atoms with van der Waals surface area (Å²) >= 11 is 0. The van der Waals surface area contributed by atoms with Crippen molar-refractivity contribution in [1.82, 2.24) is 15.0 Å². The molecule has 1 unspecified atom stereocenters. The van der Waals surface area contributed by atoms with Crippen molar-refractivity contribution in [2.45, 2.75) is 26.2 Å². The van der Waals surface area contributed by atoms with E-state index in [1.165, 1.54) is 10.9 Å². The van der Waals surface area contributed by atoms with Crippen LogP contribution < -0.4 is 0 Å². The smallest absolute Gasteiger partial charge is 0.208 e. The van der Waals surface area contributed by atoms with Gasteiger partial charge in [0.25, 0.3) is 0 Å². The molecule has 1 atom stereocenters. The first-order valence-corrected chi connectivity index (χ1v) is 5.27. The number of carbonyl (C=O) groups excluding carboxylic acids is 1. The Morgan fingerprint density at radius 3 is 2.93 bits per heavy atom. The van der Waals surface area contributed by atoms with Crippen LogP contribution in [0.5, 0.6) is 0 Å². The zero-order valence-electron chi connectivity index (χ0n) is 9.10. The molecule has 1 aromatic rings. The Labute approximate surface area is 89.0 Å². The Morgan fingerprint density at radius 2 is 2.40 bits per heavy atom. The lowest BCUT2D eigenvalue weighted by atomic mass is 9.88. The van der Waals surface area contributed by atoms with Crippen LogP contribution in [-0.4, -0.2) is 20.8 Å². The summed E-state index contributed by atoms with van der Waals surface area (Å²) in [6, 6.07) is 0. The molecule has 0 bridgehead atoms. The van der Waals surface area contributed by atoms with E-state index in [-0.39, 0.29) is 5.78 Å². The Hall–Kier alpha value is -1.45.